The minimum atomic E-state index is -0.0369. The average molecular weight is 423 g/mol. The zero-order valence-electron chi connectivity index (χ0n) is 18.4. The lowest BCUT2D eigenvalue weighted by Crippen LogP contribution is -2.42. The summed E-state index contributed by atoms with van der Waals surface area (Å²) >= 11 is 0. The van der Waals surface area contributed by atoms with Gasteiger partial charge in [-0.05, 0) is 61.1 Å². The first-order valence-corrected chi connectivity index (χ1v) is 10.8. The predicted molar refractivity (Wildman–Crippen MR) is 121 cm³/mol. The molecule has 1 aliphatic rings. The molecular weight excluding hydrogens is 392 g/mol. The maximum atomic E-state index is 12.9. The van der Waals surface area contributed by atoms with Gasteiger partial charge in [0.15, 0.2) is 11.5 Å². The van der Waals surface area contributed by atoms with Gasteiger partial charge >= 0.3 is 0 Å². The molecule has 4 rings (SSSR count). The molecule has 0 radical (unpaired) electrons. The quantitative estimate of drug-likeness (QED) is 0.589. The fourth-order valence-electron chi connectivity index (χ4n) is 4.58. The van der Waals surface area contributed by atoms with Crippen molar-refractivity contribution in [2.75, 3.05) is 34.0 Å². The number of H-pyrrole nitrogens is 1. The molecule has 0 fully saturated rings. The van der Waals surface area contributed by atoms with E-state index >= 15 is 0 Å². The van der Waals surface area contributed by atoms with E-state index < -0.39 is 0 Å². The smallest absolute Gasteiger partial charge is 0.249 e. The lowest BCUT2D eigenvalue weighted by molar-refractivity contribution is -0.138. The highest BCUT2D eigenvalue weighted by Gasteiger charge is 2.32. The van der Waals surface area contributed by atoms with Crippen LogP contribution in [-0.2, 0) is 22.4 Å². The molecule has 2 heterocycles. The molecule has 1 atom stereocenters. The molecule has 3 aromatic rings. The first-order chi connectivity index (χ1) is 15.2. The van der Waals surface area contributed by atoms with Crippen molar-refractivity contribution >= 4 is 16.8 Å². The second-order valence-corrected chi connectivity index (χ2v) is 7.82. The number of methoxy groups -OCH3 is 2. The molecule has 31 heavy (non-hydrogen) atoms. The van der Waals surface area contributed by atoms with Crippen molar-refractivity contribution in [3.8, 4) is 11.5 Å². The van der Waals surface area contributed by atoms with Gasteiger partial charge in [0.05, 0.1) is 19.8 Å². The fourth-order valence-corrected chi connectivity index (χ4v) is 4.58. The Kier molecular flexibility index (Phi) is 6.47. The minimum Gasteiger partial charge on any atom is -0.493 e. The number of ether oxygens (including phenoxy) is 3. The van der Waals surface area contributed by atoms with Crippen LogP contribution in [0.3, 0.4) is 0 Å². The standard InChI is InChI=1S/C25H30N2O4/c1-4-31-24-14-20-17(13-23(24)30-3)11-12-27(25(28)16-29-2)22(20)10-9-18-15-26-21-8-6-5-7-19(18)21/h5-8,13-15,22,26H,4,9-12,16H2,1-3H3. The van der Waals surface area contributed by atoms with E-state index in [0.717, 1.165) is 41.8 Å². The van der Waals surface area contributed by atoms with E-state index in [0.29, 0.717) is 13.2 Å². The number of nitrogens with zero attached hydrogens (tertiary/aromatic N) is 1. The van der Waals surface area contributed by atoms with E-state index in [1.807, 2.05) is 17.9 Å². The number of nitrogens with one attached hydrogen (secondary N) is 1. The maximum Gasteiger partial charge on any atom is 0.249 e. The summed E-state index contributed by atoms with van der Waals surface area (Å²) in [5.74, 6) is 1.49. The monoisotopic (exact) mass is 422 g/mol. The molecule has 1 amide bonds. The predicted octanol–water partition coefficient (Wildman–Crippen LogP) is 4.28. The van der Waals surface area contributed by atoms with Crippen LogP contribution in [-0.4, -0.2) is 49.8 Å². The van der Waals surface area contributed by atoms with E-state index in [1.54, 1.807) is 14.2 Å². The summed E-state index contributed by atoms with van der Waals surface area (Å²) < 4.78 is 16.5. The van der Waals surface area contributed by atoms with E-state index in [1.165, 1.54) is 16.5 Å². The first kappa shape index (κ1) is 21.2. The van der Waals surface area contributed by atoms with Gasteiger partial charge in [0.1, 0.15) is 6.61 Å². The zero-order valence-corrected chi connectivity index (χ0v) is 18.4. The molecular formula is C25H30N2O4. The van der Waals surface area contributed by atoms with Gasteiger partial charge in [-0.1, -0.05) is 18.2 Å². The first-order valence-electron chi connectivity index (χ1n) is 10.8. The molecule has 1 unspecified atom stereocenters. The number of amides is 1. The number of carbonyl (C=O) groups is 1. The third-order valence-corrected chi connectivity index (χ3v) is 6.03. The summed E-state index contributed by atoms with van der Waals surface area (Å²) in [4.78, 5) is 18.2. The van der Waals surface area contributed by atoms with E-state index in [9.17, 15) is 4.79 Å². The largest absolute Gasteiger partial charge is 0.493 e. The summed E-state index contributed by atoms with van der Waals surface area (Å²) in [5.41, 5.74) is 4.75. The number of fused-ring (bicyclic) bond motifs is 2. The van der Waals surface area contributed by atoms with Gasteiger partial charge in [-0.3, -0.25) is 4.79 Å². The minimum absolute atomic E-state index is 0.0193. The maximum absolute atomic E-state index is 12.9. The SMILES string of the molecule is CCOc1cc2c(cc1OC)CCN(C(=O)COC)C2CCc1c[nH]c2ccccc12. The Hall–Kier alpha value is -2.99. The van der Waals surface area contributed by atoms with Crippen molar-refractivity contribution in [3.63, 3.8) is 0 Å². The highest BCUT2D eigenvalue weighted by Crippen LogP contribution is 2.40. The number of hydrogen-bond acceptors (Lipinski definition) is 4. The Morgan fingerprint density at radius 1 is 1.19 bits per heavy atom. The Morgan fingerprint density at radius 2 is 2.03 bits per heavy atom. The van der Waals surface area contributed by atoms with Gasteiger partial charge < -0.3 is 24.1 Å². The van der Waals surface area contributed by atoms with Gasteiger partial charge in [-0.25, -0.2) is 0 Å². The van der Waals surface area contributed by atoms with Gasteiger partial charge in [0.25, 0.3) is 0 Å². The third kappa shape index (κ3) is 4.26. The molecule has 0 saturated heterocycles. The Labute approximate surface area is 183 Å². The second-order valence-electron chi connectivity index (χ2n) is 7.82. The molecule has 0 saturated carbocycles. The van der Waals surface area contributed by atoms with Gasteiger partial charge in [-0.15, -0.1) is 0 Å². The fraction of sp³-hybridized carbons (Fsp3) is 0.400. The van der Waals surface area contributed by atoms with Crippen LogP contribution < -0.4 is 9.47 Å². The van der Waals surface area contributed by atoms with E-state index in [4.69, 9.17) is 14.2 Å². The van der Waals surface area contributed by atoms with E-state index in [2.05, 4.69) is 41.5 Å². The molecule has 6 nitrogen and oxygen atoms in total. The second kappa shape index (κ2) is 9.43. The van der Waals surface area contributed by atoms with Crippen LogP contribution in [0.5, 0.6) is 11.5 Å². The number of carbonyl (C=O) groups excluding carboxylic acids is 1. The normalized spacial score (nSPS) is 15.7. The van der Waals surface area contributed by atoms with Crippen molar-refractivity contribution in [2.45, 2.75) is 32.2 Å². The summed E-state index contributed by atoms with van der Waals surface area (Å²) in [6, 6.07) is 12.4. The number of aromatic amines is 1. The number of aryl methyl sites for hydroxylation is 1. The van der Waals surface area contributed by atoms with Crippen molar-refractivity contribution in [1.82, 2.24) is 9.88 Å². The molecule has 6 heteroatoms. The summed E-state index contributed by atoms with van der Waals surface area (Å²) in [5, 5.41) is 1.23. The van der Waals surface area contributed by atoms with Crippen molar-refractivity contribution in [3.05, 3.63) is 59.3 Å². The van der Waals surface area contributed by atoms with Crippen LogP contribution in [0.15, 0.2) is 42.6 Å². The lowest BCUT2D eigenvalue weighted by atomic mass is 9.88. The van der Waals surface area contributed by atoms with Crippen molar-refractivity contribution in [1.29, 1.82) is 0 Å². The van der Waals surface area contributed by atoms with E-state index in [-0.39, 0.29) is 18.6 Å². The van der Waals surface area contributed by atoms with Gasteiger partial charge in [0.2, 0.25) is 5.91 Å². The number of benzene rings is 2. The Bertz CT molecular complexity index is 1060. The zero-order chi connectivity index (χ0) is 21.8. The van der Waals surface area contributed by atoms with Crippen LogP contribution in [0, 0.1) is 0 Å². The summed E-state index contributed by atoms with van der Waals surface area (Å²) in [6.07, 6.45) is 4.55. The molecule has 1 aliphatic heterocycles. The van der Waals surface area contributed by atoms with Crippen molar-refractivity contribution < 1.29 is 19.0 Å². The Balaban J connectivity index is 1.68. The lowest BCUT2D eigenvalue weighted by Gasteiger charge is -2.38. The average Bonchev–Trinajstić information content (AvgIpc) is 3.20. The van der Waals surface area contributed by atoms with Crippen LogP contribution in [0.25, 0.3) is 10.9 Å². The van der Waals surface area contributed by atoms with Crippen LogP contribution in [0.2, 0.25) is 0 Å². The number of aromatic nitrogens is 1. The molecule has 0 spiro atoms. The van der Waals surface area contributed by atoms with Gasteiger partial charge in [0, 0.05) is 30.8 Å². The van der Waals surface area contributed by atoms with Gasteiger partial charge in [-0.2, -0.15) is 0 Å². The van der Waals surface area contributed by atoms with Crippen LogP contribution in [0.1, 0.15) is 36.1 Å². The summed E-state index contributed by atoms with van der Waals surface area (Å²) in [7, 11) is 3.23. The number of hydrogen-bond donors (Lipinski definition) is 1. The van der Waals surface area contributed by atoms with Crippen LogP contribution >= 0.6 is 0 Å². The van der Waals surface area contributed by atoms with Crippen molar-refractivity contribution in [2.24, 2.45) is 0 Å². The van der Waals surface area contributed by atoms with Crippen LogP contribution in [0.4, 0.5) is 0 Å². The molecule has 2 aromatic carbocycles. The number of rotatable bonds is 8. The molecule has 164 valence electrons. The molecule has 0 bridgehead atoms. The number of para-hydroxylation sites is 1. The molecule has 1 N–H and O–H groups in total. The molecule has 0 aliphatic carbocycles. The molecule has 1 aromatic heterocycles. The Morgan fingerprint density at radius 3 is 2.81 bits per heavy atom. The highest BCUT2D eigenvalue weighted by molar-refractivity contribution is 5.83. The topological polar surface area (TPSA) is 63.8 Å². The third-order valence-electron chi connectivity index (χ3n) is 6.03. The summed E-state index contributed by atoms with van der Waals surface area (Å²) in [6.45, 7) is 3.28. The highest BCUT2D eigenvalue weighted by atomic mass is 16.5.